The molecule has 2 bridgehead atoms. The van der Waals surface area contributed by atoms with E-state index >= 15 is 0 Å². The number of nitrogens with zero attached hydrogens (tertiary/aromatic N) is 1. The highest BCUT2D eigenvalue weighted by Crippen LogP contribution is 2.58. The molecule has 184 valence electrons. The number of fused-ring (bicyclic) bond motifs is 3. The predicted octanol–water partition coefficient (Wildman–Crippen LogP) is 6.94. The number of hydrogen-bond donors (Lipinski definition) is 1. The van der Waals surface area contributed by atoms with Crippen molar-refractivity contribution in [1.82, 2.24) is 0 Å². The molecule has 0 aromatic heterocycles. The average molecular weight is 472 g/mol. The van der Waals surface area contributed by atoms with Gasteiger partial charge in [0.2, 0.25) is 5.91 Å². The topological polar surface area (TPSA) is 57.6 Å². The molecule has 4 fully saturated rings. The van der Waals surface area contributed by atoms with E-state index in [0.29, 0.717) is 11.3 Å². The lowest BCUT2D eigenvalue weighted by molar-refractivity contribution is -0.131. The molecule has 4 aliphatic carbocycles. The van der Waals surface area contributed by atoms with Gasteiger partial charge in [-0.25, -0.2) is 4.79 Å². The summed E-state index contributed by atoms with van der Waals surface area (Å²) in [7, 11) is 0. The van der Waals surface area contributed by atoms with Gasteiger partial charge < -0.3 is 10.0 Å². The van der Waals surface area contributed by atoms with Gasteiger partial charge in [0.05, 0.1) is 0 Å². The molecule has 4 heteroatoms. The predicted molar refractivity (Wildman–Crippen MR) is 141 cm³/mol. The first kappa shape index (κ1) is 23.8. The lowest BCUT2D eigenvalue weighted by Gasteiger charge is -2.55. The summed E-state index contributed by atoms with van der Waals surface area (Å²) in [5, 5.41) is 9.00. The highest BCUT2D eigenvalue weighted by atomic mass is 16.4. The van der Waals surface area contributed by atoms with Crippen molar-refractivity contribution in [2.24, 2.45) is 11.3 Å². The van der Waals surface area contributed by atoms with E-state index in [1.165, 1.54) is 30.4 Å². The van der Waals surface area contributed by atoms with Crippen molar-refractivity contribution in [1.29, 1.82) is 0 Å². The molecule has 35 heavy (non-hydrogen) atoms. The number of carbonyl (C=O) groups is 2. The molecule has 6 rings (SSSR count). The summed E-state index contributed by atoms with van der Waals surface area (Å²) >= 11 is 0. The lowest BCUT2D eigenvalue weighted by atomic mass is 9.51. The third-order valence-corrected chi connectivity index (χ3v) is 8.88. The molecule has 0 saturated heterocycles. The smallest absolute Gasteiger partial charge is 0.328 e. The summed E-state index contributed by atoms with van der Waals surface area (Å²) in [5.41, 5.74) is 5.09. The molecule has 1 N–H and O–H groups in total. The molecule has 0 radical (unpaired) electrons. The molecule has 4 nitrogen and oxygen atoms in total. The number of anilines is 1. The van der Waals surface area contributed by atoms with Crippen LogP contribution < -0.4 is 4.90 Å². The number of aliphatic carboxylic acids is 1. The second kappa shape index (κ2) is 9.29. The molecular formula is C31H37NO3. The van der Waals surface area contributed by atoms with Crippen LogP contribution in [0.15, 0.2) is 54.6 Å². The number of carboxylic acids is 1. The van der Waals surface area contributed by atoms with Gasteiger partial charge in [-0.3, -0.25) is 4.79 Å². The van der Waals surface area contributed by atoms with Crippen LogP contribution in [0.1, 0.15) is 87.8 Å². The van der Waals surface area contributed by atoms with E-state index in [1.807, 2.05) is 29.2 Å². The van der Waals surface area contributed by atoms with Gasteiger partial charge in [-0.05, 0) is 103 Å². The van der Waals surface area contributed by atoms with Crippen molar-refractivity contribution >= 4 is 23.6 Å². The van der Waals surface area contributed by atoms with E-state index in [1.54, 1.807) is 6.08 Å². The van der Waals surface area contributed by atoms with E-state index < -0.39 is 5.97 Å². The zero-order valence-corrected chi connectivity index (χ0v) is 21.0. The van der Waals surface area contributed by atoms with Crippen molar-refractivity contribution in [2.75, 3.05) is 11.4 Å². The molecule has 2 aromatic rings. The van der Waals surface area contributed by atoms with Gasteiger partial charge in [0.15, 0.2) is 0 Å². The Hall–Kier alpha value is -2.88. The maximum atomic E-state index is 13.4. The molecule has 0 unspecified atom stereocenters. The summed E-state index contributed by atoms with van der Waals surface area (Å²) in [6.07, 6.45) is 11.8. The van der Waals surface area contributed by atoms with Crippen molar-refractivity contribution < 1.29 is 14.7 Å². The zero-order chi connectivity index (χ0) is 24.6. The Morgan fingerprint density at radius 3 is 2.23 bits per heavy atom. The van der Waals surface area contributed by atoms with E-state index in [2.05, 4.69) is 38.1 Å². The van der Waals surface area contributed by atoms with Gasteiger partial charge in [0, 0.05) is 24.2 Å². The normalized spacial score (nSPS) is 25.8. The number of hydrogen-bond acceptors (Lipinski definition) is 2. The SMILES string of the molecule is CC(C)c1ccc(C23CCC(CN(C(=O)C4CC4)c4cccc(/C=C/C(=O)O)c4)(CC2)CC3)cc1. The molecule has 0 heterocycles. The first-order valence-corrected chi connectivity index (χ1v) is 13.2. The number of amides is 1. The Morgan fingerprint density at radius 2 is 1.66 bits per heavy atom. The summed E-state index contributed by atoms with van der Waals surface area (Å²) in [5.74, 6) is -0.0206. The Labute approximate surface area is 209 Å². The van der Waals surface area contributed by atoms with Crippen LogP contribution in [-0.4, -0.2) is 23.5 Å². The average Bonchev–Trinajstić information content (AvgIpc) is 3.73. The third kappa shape index (κ3) is 4.94. The van der Waals surface area contributed by atoms with Gasteiger partial charge in [-0.1, -0.05) is 50.2 Å². The molecule has 0 spiro atoms. The van der Waals surface area contributed by atoms with Crippen LogP contribution in [0.3, 0.4) is 0 Å². The Kier molecular flexibility index (Phi) is 6.33. The molecule has 0 aliphatic heterocycles. The first-order valence-electron chi connectivity index (χ1n) is 13.2. The molecule has 4 aliphatic rings. The second-order valence-electron chi connectivity index (χ2n) is 11.5. The molecule has 0 atom stereocenters. The fourth-order valence-electron chi connectivity index (χ4n) is 6.30. The van der Waals surface area contributed by atoms with Gasteiger partial charge in [-0.15, -0.1) is 0 Å². The Morgan fingerprint density at radius 1 is 1.00 bits per heavy atom. The van der Waals surface area contributed by atoms with E-state index in [4.69, 9.17) is 5.11 Å². The maximum absolute atomic E-state index is 13.4. The summed E-state index contributed by atoms with van der Waals surface area (Å²) in [4.78, 5) is 26.4. The van der Waals surface area contributed by atoms with Crippen LogP contribution in [0.25, 0.3) is 6.08 Å². The van der Waals surface area contributed by atoms with E-state index in [9.17, 15) is 9.59 Å². The van der Waals surface area contributed by atoms with Gasteiger partial charge in [0.1, 0.15) is 0 Å². The lowest BCUT2D eigenvalue weighted by Crippen LogP contribution is -2.51. The minimum atomic E-state index is -0.966. The van der Waals surface area contributed by atoms with Crippen molar-refractivity contribution in [3.8, 4) is 0 Å². The van der Waals surface area contributed by atoms with Crippen molar-refractivity contribution in [2.45, 2.75) is 76.5 Å². The quantitative estimate of drug-likeness (QED) is 0.424. The van der Waals surface area contributed by atoms with Crippen LogP contribution in [-0.2, 0) is 15.0 Å². The fourth-order valence-corrected chi connectivity index (χ4v) is 6.30. The van der Waals surface area contributed by atoms with Crippen LogP contribution in [0.4, 0.5) is 5.69 Å². The summed E-state index contributed by atoms with van der Waals surface area (Å²) in [6, 6.07) is 17.1. The molecule has 2 aromatic carbocycles. The molecular weight excluding hydrogens is 434 g/mol. The van der Waals surface area contributed by atoms with Crippen molar-refractivity contribution in [3.05, 3.63) is 71.3 Å². The summed E-state index contributed by atoms with van der Waals surface area (Å²) < 4.78 is 0. The number of carboxylic acid groups (broad SMARTS) is 1. The number of benzene rings is 2. The van der Waals surface area contributed by atoms with Gasteiger partial charge >= 0.3 is 5.97 Å². The monoisotopic (exact) mass is 471 g/mol. The number of carbonyl (C=O) groups excluding carboxylic acids is 1. The third-order valence-electron chi connectivity index (χ3n) is 8.88. The highest BCUT2D eigenvalue weighted by molar-refractivity contribution is 5.97. The maximum Gasteiger partial charge on any atom is 0.328 e. The van der Waals surface area contributed by atoms with Crippen molar-refractivity contribution in [3.63, 3.8) is 0 Å². The Bertz CT molecular complexity index is 1100. The molecule has 4 saturated carbocycles. The zero-order valence-electron chi connectivity index (χ0n) is 21.0. The van der Waals surface area contributed by atoms with Crippen LogP contribution in [0.2, 0.25) is 0 Å². The number of rotatable bonds is 8. The Balaban J connectivity index is 1.35. The van der Waals surface area contributed by atoms with Crippen LogP contribution in [0.5, 0.6) is 0 Å². The van der Waals surface area contributed by atoms with Gasteiger partial charge in [-0.2, -0.15) is 0 Å². The van der Waals surface area contributed by atoms with E-state index in [-0.39, 0.29) is 17.2 Å². The van der Waals surface area contributed by atoms with Crippen LogP contribution in [0, 0.1) is 11.3 Å². The minimum Gasteiger partial charge on any atom is -0.478 e. The standard InChI is InChI=1S/C31H37NO3/c1-22(2)24-9-11-26(12-10-24)31-17-14-30(15-18-31,16-19-31)21-32(29(35)25-7-8-25)27-5-3-4-23(20-27)6-13-28(33)34/h3-6,9-13,20,22,25H,7-8,14-19,21H2,1-2H3,(H,33,34)/b13-6+. The van der Waals surface area contributed by atoms with Crippen LogP contribution >= 0.6 is 0 Å². The first-order chi connectivity index (χ1) is 16.8. The minimum absolute atomic E-state index is 0.148. The fraction of sp³-hybridized carbons (Fsp3) is 0.484. The van der Waals surface area contributed by atoms with Gasteiger partial charge in [0.25, 0.3) is 0 Å². The van der Waals surface area contributed by atoms with E-state index in [0.717, 1.165) is 56.0 Å². The largest absolute Gasteiger partial charge is 0.478 e. The molecule has 1 amide bonds. The second-order valence-corrected chi connectivity index (χ2v) is 11.5. The summed E-state index contributed by atoms with van der Waals surface area (Å²) in [6.45, 7) is 5.27. The highest BCUT2D eigenvalue weighted by Gasteiger charge is 2.50.